The van der Waals surface area contributed by atoms with E-state index in [1.807, 2.05) is 45.2 Å². The van der Waals surface area contributed by atoms with Crippen molar-refractivity contribution in [3.63, 3.8) is 0 Å². The lowest BCUT2D eigenvalue weighted by molar-refractivity contribution is -0.139. The van der Waals surface area contributed by atoms with Crippen LogP contribution in [-0.2, 0) is 9.53 Å². The molecule has 0 unspecified atom stereocenters. The number of esters is 1. The Morgan fingerprint density at radius 2 is 1.90 bits per heavy atom. The van der Waals surface area contributed by atoms with E-state index in [9.17, 15) is 9.59 Å². The zero-order valence-corrected chi connectivity index (χ0v) is 27.6. The van der Waals surface area contributed by atoms with Gasteiger partial charge in [-0.3, -0.25) is 9.36 Å². The number of aromatic nitrogens is 1. The molecule has 0 fully saturated rings. The van der Waals surface area contributed by atoms with Gasteiger partial charge in [-0.05, 0) is 114 Å². The zero-order valence-electron chi connectivity index (χ0n) is 22.4. The molecule has 11 heteroatoms. The number of hydrogen-bond donors (Lipinski definition) is 1. The van der Waals surface area contributed by atoms with Gasteiger partial charge in [0.15, 0.2) is 16.3 Å². The number of fused-ring (bicyclic) bond motifs is 1. The van der Waals surface area contributed by atoms with Crippen molar-refractivity contribution in [1.82, 2.24) is 4.57 Å². The number of nitrogens with zero attached hydrogens (tertiary/aromatic N) is 2. The van der Waals surface area contributed by atoms with Crippen LogP contribution < -0.4 is 29.7 Å². The second kappa shape index (κ2) is 12.4. The highest BCUT2D eigenvalue weighted by Crippen LogP contribution is 2.36. The third kappa shape index (κ3) is 6.04. The molecule has 0 saturated carbocycles. The van der Waals surface area contributed by atoms with Gasteiger partial charge in [0.25, 0.3) is 5.56 Å². The fourth-order valence-corrected chi connectivity index (χ4v) is 7.78. The van der Waals surface area contributed by atoms with Gasteiger partial charge in [-0.15, -0.1) is 0 Å². The predicted molar refractivity (Wildman–Crippen MR) is 171 cm³/mol. The highest BCUT2D eigenvalue weighted by molar-refractivity contribution is 14.1. The first-order chi connectivity index (χ1) is 18.6. The lowest BCUT2D eigenvalue weighted by Gasteiger charge is -2.25. The van der Waals surface area contributed by atoms with Gasteiger partial charge in [-0.2, -0.15) is 0 Å². The van der Waals surface area contributed by atoms with E-state index < -0.39 is 12.0 Å². The summed E-state index contributed by atoms with van der Waals surface area (Å²) in [5, 5.41) is 3.21. The number of allylic oxidation sites excluding steroid dienone is 1. The Balaban J connectivity index is 1.94. The Kier molecular flexibility index (Phi) is 9.42. The SMILES string of the molecule is CCOC(=O)C1=C(C)N=c2s/c(=C\c3cc(I)c(NC)c(I)c3)c(=O)n2[C@H]1c1ccc(OC(C)C)c(OC)c1. The Hall–Kier alpha value is -2.39. The number of nitrogens with one attached hydrogen (secondary N) is 1. The normalized spacial score (nSPS) is 15.2. The molecule has 4 rings (SSSR count). The van der Waals surface area contributed by atoms with Crippen LogP contribution in [0.2, 0.25) is 0 Å². The smallest absolute Gasteiger partial charge is 0.338 e. The standard InChI is InChI=1S/C28H29I2N3O5S/c1-7-37-27(35)23-15(4)32-28-33(25(23)17-8-9-20(38-14(2)3)21(13-17)36-6)26(34)22(39-28)12-16-10-18(29)24(31-5)19(30)11-16/h8-14,25,31H,7H2,1-6H3/b22-12-/t25-/m0/s1. The number of benzene rings is 2. The predicted octanol–water partition coefficient (Wildman–Crippen LogP) is 4.85. The third-order valence-electron chi connectivity index (χ3n) is 6.00. The number of carbonyl (C=O) groups excluding carboxylic acids is 1. The van der Waals surface area contributed by atoms with Crippen LogP contribution >= 0.6 is 56.5 Å². The van der Waals surface area contributed by atoms with E-state index in [1.54, 1.807) is 37.7 Å². The Morgan fingerprint density at radius 1 is 1.21 bits per heavy atom. The van der Waals surface area contributed by atoms with Gasteiger partial charge in [0.05, 0.1) is 47.4 Å². The van der Waals surface area contributed by atoms with E-state index in [2.05, 4.69) is 55.5 Å². The molecule has 2 heterocycles. The summed E-state index contributed by atoms with van der Waals surface area (Å²) in [4.78, 5) is 32.3. The van der Waals surface area contributed by atoms with Crippen LogP contribution in [0.1, 0.15) is 44.9 Å². The fraction of sp³-hybridized carbons (Fsp3) is 0.321. The lowest BCUT2D eigenvalue weighted by atomic mass is 9.95. The molecule has 0 radical (unpaired) electrons. The first kappa shape index (κ1) is 29.6. The van der Waals surface area contributed by atoms with Gasteiger partial charge in [-0.1, -0.05) is 17.4 Å². The summed E-state index contributed by atoms with van der Waals surface area (Å²) < 4.78 is 21.1. The van der Waals surface area contributed by atoms with E-state index in [-0.39, 0.29) is 18.3 Å². The number of methoxy groups -OCH3 is 1. The molecule has 0 bridgehead atoms. The lowest BCUT2D eigenvalue weighted by Crippen LogP contribution is -2.40. The van der Waals surface area contributed by atoms with Crippen LogP contribution in [-0.4, -0.2) is 37.4 Å². The maximum atomic E-state index is 13.9. The summed E-state index contributed by atoms with van der Waals surface area (Å²) in [7, 11) is 3.45. The average Bonchev–Trinajstić information content (AvgIpc) is 3.17. The van der Waals surface area contributed by atoms with E-state index in [0.717, 1.165) is 18.4 Å². The molecular weight excluding hydrogens is 744 g/mol. The molecule has 0 amide bonds. The van der Waals surface area contributed by atoms with Crippen LogP contribution in [0, 0.1) is 7.14 Å². The summed E-state index contributed by atoms with van der Waals surface area (Å²) in [6, 6.07) is 8.77. The number of thiazole rings is 1. The monoisotopic (exact) mass is 773 g/mol. The zero-order chi connectivity index (χ0) is 28.4. The van der Waals surface area contributed by atoms with Crippen molar-refractivity contribution >= 4 is 74.3 Å². The van der Waals surface area contributed by atoms with E-state index >= 15 is 0 Å². The van der Waals surface area contributed by atoms with Crippen molar-refractivity contribution in [2.24, 2.45) is 4.99 Å². The van der Waals surface area contributed by atoms with Crippen molar-refractivity contribution in [2.45, 2.75) is 39.8 Å². The minimum Gasteiger partial charge on any atom is -0.493 e. The van der Waals surface area contributed by atoms with Gasteiger partial charge >= 0.3 is 5.97 Å². The molecule has 0 saturated heterocycles. The summed E-state index contributed by atoms with van der Waals surface area (Å²) in [5.74, 6) is 0.581. The molecule has 206 valence electrons. The molecule has 39 heavy (non-hydrogen) atoms. The van der Waals surface area contributed by atoms with Crippen LogP contribution in [0.4, 0.5) is 5.69 Å². The molecular formula is C28H29I2N3O5S. The van der Waals surface area contributed by atoms with Crippen LogP contribution in [0.25, 0.3) is 6.08 Å². The minimum absolute atomic E-state index is 0.0482. The number of anilines is 1. The van der Waals surface area contributed by atoms with Crippen molar-refractivity contribution in [3.8, 4) is 11.5 Å². The van der Waals surface area contributed by atoms with Crippen molar-refractivity contribution in [3.05, 3.63) is 79.6 Å². The summed E-state index contributed by atoms with van der Waals surface area (Å²) in [5.41, 5.74) is 3.23. The second-order valence-electron chi connectivity index (χ2n) is 8.99. The van der Waals surface area contributed by atoms with Crippen molar-refractivity contribution < 1.29 is 19.0 Å². The number of ether oxygens (including phenoxy) is 3. The van der Waals surface area contributed by atoms with Gasteiger partial charge in [0.1, 0.15) is 0 Å². The first-order valence-corrected chi connectivity index (χ1v) is 15.3. The molecule has 0 aliphatic carbocycles. The van der Waals surface area contributed by atoms with Gasteiger partial charge < -0.3 is 19.5 Å². The number of halogens is 2. The third-order valence-corrected chi connectivity index (χ3v) is 8.68. The maximum absolute atomic E-state index is 13.9. The summed E-state index contributed by atoms with van der Waals surface area (Å²) >= 11 is 5.86. The topological polar surface area (TPSA) is 91.2 Å². The fourth-order valence-electron chi connectivity index (χ4n) is 4.38. The average molecular weight is 773 g/mol. The molecule has 3 aromatic rings. The molecule has 1 aliphatic heterocycles. The highest BCUT2D eigenvalue weighted by atomic mass is 127. The minimum atomic E-state index is -0.739. The molecule has 1 aliphatic rings. The van der Waals surface area contributed by atoms with Gasteiger partial charge in [-0.25, -0.2) is 9.79 Å². The van der Waals surface area contributed by atoms with Gasteiger partial charge in [0, 0.05) is 14.2 Å². The van der Waals surface area contributed by atoms with Crippen LogP contribution in [0.15, 0.2) is 51.4 Å². The first-order valence-electron chi connectivity index (χ1n) is 12.3. The second-order valence-corrected chi connectivity index (χ2v) is 12.3. The number of hydrogen-bond acceptors (Lipinski definition) is 8. The largest absolute Gasteiger partial charge is 0.493 e. The van der Waals surface area contributed by atoms with E-state index in [0.29, 0.717) is 37.7 Å². The maximum Gasteiger partial charge on any atom is 0.338 e. The van der Waals surface area contributed by atoms with Gasteiger partial charge in [0.2, 0.25) is 0 Å². The quantitative estimate of drug-likeness (QED) is 0.261. The summed E-state index contributed by atoms with van der Waals surface area (Å²) in [6.07, 6.45) is 1.82. The molecule has 1 N–H and O–H groups in total. The summed E-state index contributed by atoms with van der Waals surface area (Å²) in [6.45, 7) is 7.60. The van der Waals surface area contributed by atoms with E-state index in [1.165, 1.54) is 11.3 Å². The molecule has 1 aromatic heterocycles. The molecule has 1 atom stereocenters. The van der Waals surface area contributed by atoms with Crippen LogP contribution in [0.5, 0.6) is 11.5 Å². The molecule has 0 spiro atoms. The Bertz CT molecular complexity index is 1620. The number of carbonyl (C=O) groups is 1. The Labute approximate surface area is 258 Å². The van der Waals surface area contributed by atoms with E-state index in [4.69, 9.17) is 14.2 Å². The number of rotatable bonds is 8. The molecule has 8 nitrogen and oxygen atoms in total. The van der Waals surface area contributed by atoms with Crippen molar-refractivity contribution in [2.75, 3.05) is 26.1 Å². The van der Waals surface area contributed by atoms with Crippen molar-refractivity contribution in [1.29, 1.82) is 0 Å². The Morgan fingerprint density at radius 3 is 2.49 bits per heavy atom. The van der Waals surface area contributed by atoms with Crippen LogP contribution in [0.3, 0.4) is 0 Å². The molecule has 2 aromatic carbocycles. The highest BCUT2D eigenvalue weighted by Gasteiger charge is 2.34.